The van der Waals surface area contributed by atoms with E-state index in [1.54, 1.807) is 48.5 Å². The van der Waals surface area contributed by atoms with Crippen molar-refractivity contribution in [1.82, 2.24) is 10.2 Å². The predicted octanol–water partition coefficient (Wildman–Crippen LogP) is 6.26. The van der Waals surface area contributed by atoms with Crippen LogP contribution in [-0.4, -0.2) is 44.3 Å². The van der Waals surface area contributed by atoms with Gasteiger partial charge in [0.25, 0.3) is 10.0 Å². The number of hydrogen-bond acceptors (Lipinski definition) is 4. The number of carbonyl (C=O) groups excluding carboxylic acids is 2. The molecule has 1 atom stereocenters. The number of hydrogen-bond donors (Lipinski definition) is 1. The third-order valence-corrected chi connectivity index (χ3v) is 9.32. The summed E-state index contributed by atoms with van der Waals surface area (Å²) in [5, 5.41) is 3.45. The van der Waals surface area contributed by atoms with Crippen LogP contribution in [0.4, 0.5) is 5.69 Å². The largest absolute Gasteiger partial charge is 0.354 e. The molecular weight excluding hydrogens is 594 g/mol. The molecule has 230 valence electrons. The van der Waals surface area contributed by atoms with Crippen molar-refractivity contribution in [3.05, 3.63) is 131 Å². The van der Waals surface area contributed by atoms with Crippen LogP contribution in [0.15, 0.2) is 114 Å². The lowest BCUT2D eigenvalue weighted by molar-refractivity contribution is -0.140. The van der Waals surface area contributed by atoms with Crippen LogP contribution in [0.5, 0.6) is 0 Å². The number of halogens is 1. The average Bonchev–Trinajstić information content (AvgIpc) is 3.04. The van der Waals surface area contributed by atoms with Gasteiger partial charge in [-0.3, -0.25) is 13.9 Å². The first-order chi connectivity index (χ1) is 21.2. The van der Waals surface area contributed by atoms with E-state index in [4.69, 9.17) is 11.6 Å². The molecule has 0 fully saturated rings. The van der Waals surface area contributed by atoms with E-state index >= 15 is 0 Å². The quantitative estimate of drug-likeness (QED) is 0.178. The standard InChI is InChI=1S/C35H38ClN3O4S/c1-3-22-37-35(41)33(24-27-14-7-5-8-15-27)38(25-28-16-13-18-30(36)23-28)34(40)26-39(32-21-12-11-17-29(32)4-2)44(42,43)31-19-9-6-10-20-31/h5-21,23,33H,3-4,22,24-26H2,1-2H3,(H,37,41)/t33-/m1/s1. The van der Waals surface area contributed by atoms with Crippen LogP contribution in [0.1, 0.15) is 37.0 Å². The Bertz CT molecular complexity index is 1650. The summed E-state index contributed by atoms with van der Waals surface area (Å²) in [5.41, 5.74) is 2.80. The van der Waals surface area contributed by atoms with E-state index in [9.17, 15) is 18.0 Å². The number of carbonyl (C=O) groups is 2. The van der Waals surface area contributed by atoms with Gasteiger partial charge < -0.3 is 10.2 Å². The number of anilines is 1. The number of aryl methyl sites for hydroxylation is 1. The van der Waals surface area contributed by atoms with Crippen molar-refractivity contribution in [2.75, 3.05) is 17.4 Å². The molecule has 4 aromatic rings. The van der Waals surface area contributed by atoms with Gasteiger partial charge in [-0.1, -0.05) is 104 Å². The highest BCUT2D eigenvalue weighted by Gasteiger charge is 2.35. The number of nitrogens with zero attached hydrogens (tertiary/aromatic N) is 2. The number of nitrogens with one attached hydrogen (secondary N) is 1. The fraction of sp³-hybridized carbons (Fsp3) is 0.257. The van der Waals surface area contributed by atoms with Gasteiger partial charge in [-0.25, -0.2) is 8.42 Å². The Hall–Kier alpha value is -4.14. The molecule has 44 heavy (non-hydrogen) atoms. The molecule has 4 rings (SSSR count). The number of sulfonamides is 1. The van der Waals surface area contributed by atoms with Crippen LogP contribution in [0.2, 0.25) is 5.02 Å². The van der Waals surface area contributed by atoms with E-state index in [2.05, 4.69) is 5.32 Å². The first kappa shape index (κ1) is 32.8. The molecule has 9 heteroatoms. The monoisotopic (exact) mass is 631 g/mol. The van der Waals surface area contributed by atoms with Crippen LogP contribution in [-0.2, 0) is 39.0 Å². The van der Waals surface area contributed by atoms with Crippen LogP contribution in [0.25, 0.3) is 0 Å². The van der Waals surface area contributed by atoms with Gasteiger partial charge in [0, 0.05) is 24.5 Å². The minimum atomic E-state index is -4.15. The summed E-state index contributed by atoms with van der Waals surface area (Å²) in [4.78, 5) is 29.8. The van der Waals surface area contributed by atoms with E-state index < -0.39 is 28.5 Å². The molecule has 0 bridgehead atoms. The molecule has 0 unspecified atom stereocenters. The third-order valence-electron chi connectivity index (χ3n) is 7.31. The number of para-hydroxylation sites is 1. The summed E-state index contributed by atoms with van der Waals surface area (Å²) in [7, 11) is -4.15. The van der Waals surface area contributed by atoms with Crippen molar-refractivity contribution in [3.63, 3.8) is 0 Å². The van der Waals surface area contributed by atoms with Crippen molar-refractivity contribution in [3.8, 4) is 0 Å². The summed E-state index contributed by atoms with van der Waals surface area (Å²) in [5.74, 6) is -0.819. The number of rotatable bonds is 14. The summed E-state index contributed by atoms with van der Waals surface area (Å²) in [6, 6.07) is 30.9. The molecule has 0 saturated heterocycles. The molecule has 0 spiro atoms. The molecule has 0 heterocycles. The Morgan fingerprint density at radius 3 is 2.11 bits per heavy atom. The van der Waals surface area contributed by atoms with Gasteiger partial charge in [0.05, 0.1) is 10.6 Å². The minimum Gasteiger partial charge on any atom is -0.354 e. The van der Waals surface area contributed by atoms with Crippen molar-refractivity contribution >= 4 is 39.1 Å². The highest BCUT2D eigenvalue weighted by molar-refractivity contribution is 7.92. The number of benzene rings is 4. The molecule has 2 amide bonds. The van der Waals surface area contributed by atoms with Gasteiger partial charge >= 0.3 is 0 Å². The molecule has 0 radical (unpaired) electrons. The van der Waals surface area contributed by atoms with E-state index in [0.717, 1.165) is 27.4 Å². The second-order valence-corrected chi connectivity index (χ2v) is 12.8. The topological polar surface area (TPSA) is 86.8 Å². The molecule has 1 N–H and O–H groups in total. The van der Waals surface area contributed by atoms with E-state index in [1.807, 2.05) is 62.4 Å². The van der Waals surface area contributed by atoms with Crippen LogP contribution in [0.3, 0.4) is 0 Å². The Labute approximate surface area is 265 Å². The molecule has 0 aliphatic heterocycles. The van der Waals surface area contributed by atoms with Gasteiger partial charge in [0.15, 0.2) is 0 Å². The maximum atomic E-state index is 14.5. The summed E-state index contributed by atoms with van der Waals surface area (Å²) in [6.07, 6.45) is 1.54. The fourth-order valence-electron chi connectivity index (χ4n) is 5.04. The van der Waals surface area contributed by atoms with Crippen molar-refractivity contribution < 1.29 is 18.0 Å². The van der Waals surface area contributed by atoms with Crippen molar-refractivity contribution in [1.29, 1.82) is 0 Å². The first-order valence-electron chi connectivity index (χ1n) is 14.8. The third kappa shape index (κ3) is 8.27. The van der Waals surface area contributed by atoms with Gasteiger partial charge in [0.1, 0.15) is 12.6 Å². The SMILES string of the molecule is CCCNC(=O)[C@@H](Cc1ccccc1)N(Cc1cccc(Cl)c1)C(=O)CN(c1ccccc1CC)S(=O)(=O)c1ccccc1. The highest BCUT2D eigenvalue weighted by atomic mass is 35.5. The molecule has 0 aromatic heterocycles. The first-order valence-corrected chi connectivity index (χ1v) is 16.6. The lowest BCUT2D eigenvalue weighted by Crippen LogP contribution is -2.53. The molecule has 0 aliphatic rings. The normalized spacial score (nSPS) is 11.9. The second-order valence-electron chi connectivity index (χ2n) is 10.5. The van der Waals surface area contributed by atoms with Crippen LogP contribution >= 0.6 is 11.6 Å². The maximum Gasteiger partial charge on any atom is 0.264 e. The summed E-state index contributed by atoms with van der Waals surface area (Å²) >= 11 is 6.30. The van der Waals surface area contributed by atoms with Gasteiger partial charge in [-0.15, -0.1) is 0 Å². The van der Waals surface area contributed by atoms with Crippen molar-refractivity contribution in [2.45, 2.75) is 50.6 Å². The zero-order chi connectivity index (χ0) is 31.5. The predicted molar refractivity (Wildman–Crippen MR) is 176 cm³/mol. The smallest absolute Gasteiger partial charge is 0.264 e. The molecule has 0 saturated carbocycles. The Kier molecular flexibility index (Phi) is 11.6. The van der Waals surface area contributed by atoms with Gasteiger partial charge in [-0.05, 0) is 59.9 Å². The van der Waals surface area contributed by atoms with Crippen LogP contribution in [0, 0.1) is 0 Å². The van der Waals surface area contributed by atoms with E-state index in [-0.39, 0.29) is 23.8 Å². The fourth-order valence-corrected chi connectivity index (χ4v) is 6.72. The van der Waals surface area contributed by atoms with Gasteiger partial charge in [0.2, 0.25) is 11.8 Å². The van der Waals surface area contributed by atoms with Crippen molar-refractivity contribution in [2.24, 2.45) is 0 Å². The Morgan fingerprint density at radius 2 is 1.45 bits per heavy atom. The maximum absolute atomic E-state index is 14.5. The van der Waals surface area contributed by atoms with Crippen LogP contribution < -0.4 is 9.62 Å². The highest BCUT2D eigenvalue weighted by Crippen LogP contribution is 2.28. The summed E-state index contributed by atoms with van der Waals surface area (Å²) < 4.78 is 29.5. The molecule has 4 aromatic carbocycles. The Balaban J connectivity index is 1.82. The Morgan fingerprint density at radius 1 is 0.818 bits per heavy atom. The summed E-state index contributed by atoms with van der Waals surface area (Å²) in [6.45, 7) is 3.90. The number of amides is 2. The lowest BCUT2D eigenvalue weighted by atomic mass is 10.0. The second kappa shape index (κ2) is 15.5. The molecule has 0 aliphatic carbocycles. The van der Waals surface area contributed by atoms with Gasteiger partial charge in [-0.2, -0.15) is 0 Å². The molecular formula is C35H38ClN3O4S. The average molecular weight is 632 g/mol. The minimum absolute atomic E-state index is 0.0606. The zero-order valence-electron chi connectivity index (χ0n) is 25.0. The molecule has 7 nitrogen and oxygen atoms in total. The lowest BCUT2D eigenvalue weighted by Gasteiger charge is -2.34. The van der Waals surface area contributed by atoms with E-state index in [1.165, 1.54) is 17.0 Å². The van der Waals surface area contributed by atoms with E-state index in [0.29, 0.717) is 23.7 Å². The zero-order valence-corrected chi connectivity index (χ0v) is 26.6.